The molecule has 4 nitrogen and oxygen atoms in total. The van der Waals surface area contributed by atoms with E-state index < -0.39 is 10.0 Å². The Balaban J connectivity index is 2.20. The zero-order valence-corrected chi connectivity index (χ0v) is 14.0. The first-order chi connectivity index (χ1) is 9.29. The molecule has 1 aliphatic rings. The van der Waals surface area contributed by atoms with Crippen LogP contribution in [0.5, 0.6) is 0 Å². The summed E-state index contributed by atoms with van der Waals surface area (Å²) in [5, 5.41) is 0.467. The number of halogens is 3. The van der Waals surface area contributed by atoms with E-state index in [0.717, 1.165) is 25.9 Å². The molecule has 1 aromatic rings. The van der Waals surface area contributed by atoms with Crippen molar-refractivity contribution < 1.29 is 8.42 Å². The molecule has 0 spiro atoms. The fourth-order valence-electron chi connectivity index (χ4n) is 2.12. The summed E-state index contributed by atoms with van der Waals surface area (Å²) in [7, 11) is -1.68. The molecule has 20 heavy (non-hydrogen) atoms. The van der Waals surface area contributed by atoms with Gasteiger partial charge in [-0.05, 0) is 45.1 Å². The molecule has 1 N–H and O–H groups in total. The molecule has 0 saturated carbocycles. The van der Waals surface area contributed by atoms with Crippen molar-refractivity contribution in [2.75, 3.05) is 20.1 Å². The molecule has 1 aliphatic heterocycles. The van der Waals surface area contributed by atoms with Crippen molar-refractivity contribution in [3.05, 3.63) is 27.2 Å². The predicted octanol–water partition coefficient (Wildman–Crippen LogP) is 3.02. The monoisotopic (exact) mass is 356 g/mol. The summed E-state index contributed by atoms with van der Waals surface area (Å²) < 4.78 is 27.4. The zero-order valence-electron chi connectivity index (χ0n) is 10.9. The molecule has 0 aliphatic carbocycles. The fraction of sp³-hybridized carbons (Fsp3) is 0.500. The topological polar surface area (TPSA) is 49.4 Å². The second-order valence-corrected chi connectivity index (χ2v) is 7.80. The standard InChI is InChI=1S/C12H15Cl3N2O2S/c1-17-4-2-8(3-5-17)16-20(18,19)12-7-10(14)9(13)6-11(12)15/h6-8,16H,2-5H2,1H3. The number of nitrogens with one attached hydrogen (secondary N) is 1. The Hall–Kier alpha value is -0.0400. The second-order valence-electron chi connectivity index (χ2n) is 4.90. The summed E-state index contributed by atoms with van der Waals surface area (Å²) in [5.74, 6) is 0. The molecular formula is C12H15Cl3N2O2S. The number of benzene rings is 1. The van der Waals surface area contributed by atoms with Crippen molar-refractivity contribution in [2.45, 2.75) is 23.8 Å². The second kappa shape index (κ2) is 6.38. The van der Waals surface area contributed by atoms with Gasteiger partial charge in [-0.1, -0.05) is 34.8 Å². The number of sulfonamides is 1. The van der Waals surface area contributed by atoms with Crippen LogP contribution in [-0.4, -0.2) is 39.5 Å². The van der Waals surface area contributed by atoms with Crippen LogP contribution < -0.4 is 4.72 Å². The van der Waals surface area contributed by atoms with Gasteiger partial charge in [0.1, 0.15) is 4.90 Å². The van der Waals surface area contributed by atoms with Gasteiger partial charge in [0.15, 0.2) is 0 Å². The van der Waals surface area contributed by atoms with E-state index in [2.05, 4.69) is 9.62 Å². The maximum absolute atomic E-state index is 12.4. The lowest BCUT2D eigenvalue weighted by Crippen LogP contribution is -2.43. The third kappa shape index (κ3) is 3.78. The highest BCUT2D eigenvalue weighted by Crippen LogP contribution is 2.31. The van der Waals surface area contributed by atoms with Gasteiger partial charge in [0, 0.05) is 6.04 Å². The fourth-order valence-corrected chi connectivity index (χ4v) is 4.43. The van der Waals surface area contributed by atoms with Crippen LogP contribution in [-0.2, 0) is 10.0 Å². The van der Waals surface area contributed by atoms with Gasteiger partial charge >= 0.3 is 0 Å². The van der Waals surface area contributed by atoms with Crippen molar-refractivity contribution in [3.63, 3.8) is 0 Å². The van der Waals surface area contributed by atoms with E-state index in [4.69, 9.17) is 34.8 Å². The Labute approximate surface area is 134 Å². The van der Waals surface area contributed by atoms with E-state index in [1.54, 1.807) is 0 Å². The van der Waals surface area contributed by atoms with E-state index in [9.17, 15) is 8.42 Å². The Morgan fingerprint density at radius 2 is 1.65 bits per heavy atom. The number of nitrogens with zero attached hydrogens (tertiary/aromatic N) is 1. The molecule has 2 rings (SSSR count). The van der Waals surface area contributed by atoms with Gasteiger partial charge in [0.05, 0.1) is 15.1 Å². The van der Waals surface area contributed by atoms with Gasteiger partial charge in [0.2, 0.25) is 10.0 Å². The summed E-state index contributed by atoms with van der Waals surface area (Å²) in [6.07, 6.45) is 1.54. The molecule has 112 valence electrons. The van der Waals surface area contributed by atoms with Crippen molar-refractivity contribution in [3.8, 4) is 0 Å². The summed E-state index contributed by atoms with van der Waals surface area (Å²) in [6.45, 7) is 1.73. The number of hydrogen-bond donors (Lipinski definition) is 1. The van der Waals surface area contributed by atoms with Gasteiger partial charge in [-0.3, -0.25) is 0 Å². The number of piperidine rings is 1. The molecule has 0 radical (unpaired) electrons. The SMILES string of the molecule is CN1CCC(NS(=O)(=O)c2cc(Cl)c(Cl)cc2Cl)CC1. The minimum Gasteiger partial charge on any atom is -0.306 e. The molecule has 1 heterocycles. The van der Waals surface area contributed by atoms with Crippen molar-refractivity contribution in [1.29, 1.82) is 0 Å². The van der Waals surface area contributed by atoms with Crippen LogP contribution in [0, 0.1) is 0 Å². The molecule has 0 aromatic heterocycles. The lowest BCUT2D eigenvalue weighted by atomic mass is 10.1. The smallest absolute Gasteiger partial charge is 0.242 e. The molecule has 1 saturated heterocycles. The highest BCUT2D eigenvalue weighted by Gasteiger charge is 2.25. The first kappa shape index (κ1) is 16.3. The molecule has 0 bridgehead atoms. The average Bonchev–Trinajstić information content (AvgIpc) is 2.36. The number of rotatable bonds is 3. The summed E-state index contributed by atoms with van der Waals surface area (Å²) in [5.41, 5.74) is 0. The molecule has 1 aromatic carbocycles. The van der Waals surface area contributed by atoms with Gasteiger partial charge in [-0.25, -0.2) is 13.1 Å². The third-order valence-corrected chi connectivity index (χ3v) is 6.01. The van der Waals surface area contributed by atoms with E-state index in [0.29, 0.717) is 0 Å². The third-order valence-electron chi connectivity index (χ3n) is 3.30. The van der Waals surface area contributed by atoms with Gasteiger partial charge < -0.3 is 4.90 Å². The van der Waals surface area contributed by atoms with E-state index in [1.165, 1.54) is 12.1 Å². The maximum atomic E-state index is 12.4. The number of likely N-dealkylation sites (tertiary alicyclic amines) is 1. The lowest BCUT2D eigenvalue weighted by Gasteiger charge is -2.29. The van der Waals surface area contributed by atoms with E-state index in [1.807, 2.05) is 7.05 Å². The summed E-state index contributed by atoms with van der Waals surface area (Å²) >= 11 is 17.6. The van der Waals surface area contributed by atoms with Gasteiger partial charge in [-0.2, -0.15) is 0 Å². The van der Waals surface area contributed by atoms with E-state index in [-0.39, 0.29) is 26.0 Å². The summed E-state index contributed by atoms with van der Waals surface area (Å²) in [4.78, 5) is 2.13. The normalized spacial score (nSPS) is 18.4. The first-order valence-electron chi connectivity index (χ1n) is 6.15. The van der Waals surface area contributed by atoms with E-state index >= 15 is 0 Å². The Morgan fingerprint density at radius 3 is 2.25 bits per heavy atom. The Kier molecular flexibility index (Phi) is 5.21. The largest absolute Gasteiger partial charge is 0.306 e. The molecule has 0 atom stereocenters. The lowest BCUT2D eigenvalue weighted by molar-refractivity contribution is 0.248. The van der Waals surface area contributed by atoms with Crippen LogP contribution in [0.4, 0.5) is 0 Å². The van der Waals surface area contributed by atoms with Crippen LogP contribution in [0.3, 0.4) is 0 Å². The van der Waals surface area contributed by atoms with Crippen LogP contribution in [0.15, 0.2) is 17.0 Å². The van der Waals surface area contributed by atoms with Crippen LogP contribution >= 0.6 is 34.8 Å². The van der Waals surface area contributed by atoms with Crippen molar-refractivity contribution in [1.82, 2.24) is 9.62 Å². The molecule has 1 fully saturated rings. The molecular weight excluding hydrogens is 343 g/mol. The van der Waals surface area contributed by atoms with Gasteiger partial charge in [0.25, 0.3) is 0 Å². The van der Waals surface area contributed by atoms with Crippen LogP contribution in [0.25, 0.3) is 0 Å². The molecule has 0 amide bonds. The minimum atomic E-state index is -3.69. The summed E-state index contributed by atoms with van der Waals surface area (Å²) in [6, 6.07) is 2.54. The molecule has 0 unspecified atom stereocenters. The quantitative estimate of drug-likeness (QED) is 0.846. The number of hydrogen-bond acceptors (Lipinski definition) is 3. The van der Waals surface area contributed by atoms with Crippen LogP contribution in [0.1, 0.15) is 12.8 Å². The van der Waals surface area contributed by atoms with Crippen molar-refractivity contribution in [2.24, 2.45) is 0 Å². The highest BCUT2D eigenvalue weighted by molar-refractivity contribution is 7.89. The first-order valence-corrected chi connectivity index (χ1v) is 8.77. The van der Waals surface area contributed by atoms with Crippen LogP contribution in [0.2, 0.25) is 15.1 Å². The van der Waals surface area contributed by atoms with Gasteiger partial charge in [-0.15, -0.1) is 0 Å². The Bertz CT molecular complexity index is 599. The minimum absolute atomic E-state index is 0.0347. The highest BCUT2D eigenvalue weighted by atomic mass is 35.5. The molecule has 8 heteroatoms. The maximum Gasteiger partial charge on any atom is 0.242 e. The Morgan fingerprint density at radius 1 is 1.10 bits per heavy atom. The van der Waals surface area contributed by atoms with Crippen molar-refractivity contribution >= 4 is 44.8 Å². The zero-order chi connectivity index (χ0) is 14.9. The average molecular weight is 358 g/mol. The predicted molar refractivity (Wildman–Crippen MR) is 82.3 cm³/mol.